The van der Waals surface area contributed by atoms with Crippen LogP contribution in [-0.4, -0.2) is 13.1 Å². The first-order chi connectivity index (χ1) is 7.63. The third-order valence-corrected chi connectivity index (χ3v) is 3.37. The van der Waals surface area contributed by atoms with Gasteiger partial charge in [0.2, 0.25) is 0 Å². The molecule has 0 aliphatic carbocycles. The van der Waals surface area contributed by atoms with Crippen LogP contribution < -0.4 is 5.32 Å². The van der Waals surface area contributed by atoms with Gasteiger partial charge in [-0.15, -0.1) is 0 Å². The third-order valence-electron chi connectivity index (χ3n) is 2.63. The molecule has 0 bridgehead atoms. The van der Waals surface area contributed by atoms with Crippen molar-refractivity contribution < 1.29 is 0 Å². The Morgan fingerprint density at radius 2 is 2.00 bits per heavy atom. The van der Waals surface area contributed by atoms with Crippen LogP contribution in [0.4, 0.5) is 0 Å². The van der Waals surface area contributed by atoms with Crippen molar-refractivity contribution in [1.82, 2.24) is 5.32 Å². The van der Waals surface area contributed by atoms with Crippen LogP contribution in [-0.2, 0) is 6.42 Å². The molecule has 0 aliphatic heterocycles. The minimum absolute atomic E-state index is 0.630. The van der Waals surface area contributed by atoms with E-state index in [0.717, 1.165) is 19.5 Å². The van der Waals surface area contributed by atoms with Crippen molar-refractivity contribution in [2.75, 3.05) is 13.1 Å². The summed E-state index contributed by atoms with van der Waals surface area (Å²) in [7, 11) is 0. The van der Waals surface area contributed by atoms with E-state index in [1.807, 2.05) is 12.1 Å². The first-order valence-electron chi connectivity index (χ1n) is 5.78. The highest BCUT2D eigenvalue weighted by molar-refractivity contribution is 6.42. The van der Waals surface area contributed by atoms with Crippen LogP contribution >= 0.6 is 23.2 Å². The van der Waals surface area contributed by atoms with Gasteiger partial charge in [-0.2, -0.15) is 0 Å². The Kier molecular flexibility index (Phi) is 6.18. The highest BCUT2D eigenvalue weighted by Crippen LogP contribution is 2.24. The second-order valence-corrected chi connectivity index (χ2v) is 5.01. The van der Waals surface area contributed by atoms with Crippen LogP contribution in [0.2, 0.25) is 10.0 Å². The maximum atomic E-state index is 5.98. The molecule has 0 amide bonds. The molecule has 0 aromatic heterocycles. The van der Waals surface area contributed by atoms with Gasteiger partial charge in [-0.1, -0.05) is 43.1 Å². The summed E-state index contributed by atoms with van der Waals surface area (Å²) in [5.41, 5.74) is 1.26. The molecule has 0 fully saturated rings. The molecule has 0 radical (unpaired) electrons. The summed E-state index contributed by atoms with van der Waals surface area (Å²) in [6.07, 6.45) is 2.25. The molecule has 1 aromatic carbocycles. The minimum Gasteiger partial charge on any atom is -0.317 e. The normalized spacial score (nSPS) is 12.8. The first-order valence-corrected chi connectivity index (χ1v) is 6.53. The lowest BCUT2D eigenvalue weighted by atomic mass is 9.98. The number of halogens is 2. The standard InChI is InChI=1S/C13H19Cl2N/c1-3-16-7-6-10(2)8-11-4-5-12(14)13(15)9-11/h4-5,9-10,16H,3,6-8H2,1-2H3. The Labute approximate surface area is 108 Å². The third kappa shape index (κ3) is 4.73. The lowest BCUT2D eigenvalue weighted by Crippen LogP contribution is -2.17. The molecule has 1 atom stereocenters. The average Bonchev–Trinajstić information content (AvgIpc) is 2.24. The van der Waals surface area contributed by atoms with Crippen molar-refractivity contribution in [2.45, 2.75) is 26.7 Å². The fourth-order valence-corrected chi connectivity index (χ4v) is 2.02. The monoisotopic (exact) mass is 259 g/mol. The topological polar surface area (TPSA) is 12.0 Å². The van der Waals surface area contributed by atoms with Crippen LogP contribution in [0, 0.1) is 5.92 Å². The maximum Gasteiger partial charge on any atom is 0.0595 e. The summed E-state index contributed by atoms with van der Waals surface area (Å²) in [5.74, 6) is 0.663. The van der Waals surface area contributed by atoms with E-state index in [0.29, 0.717) is 16.0 Å². The van der Waals surface area contributed by atoms with Crippen LogP contribution in [0.25, 0.3) is 0 Å². The first kappa shape index (κ1) is 13.8. The van der Waals surface area contributed by atoms with Crippen molar-refractivity contribution in [1.29, 1.82) is 0 Å². The molecule has 3 heteroatoms. The van der Waals surface area contributed by atoms with Gasteiger partial charge < -0.3 is 5.32 Å². The molecule has 0 saturated carbocycles. The fraction of sp³-hybridized carbons (Fsp3) is 0.538. The van der Waals surface area contributed by atoms with Gasteiger partial charge in [0.05, 0.1) is 10.0 Å². The molecular formula is C13H19Cl2N. The largest absolute Gasteiger partial charge is 0.317 e. The molecule has 16 heavy (non-hydrogen) atoms. The van der Waals surface area contributed by atoms with Crippen molar-refractivity contribution >= 4 is 23.2 Å². The van der Waals surface area contributed by atoms with Gasteiger partial charge in [-0.3, -0.25) is 0 Å². The minimum atomic E-state index is 0.630. The Balaban J connectivity index is 2.43. The summed E-state index contributed by atoms with van der Waals surface area (Å²) < 4.78 is 0. The van der Waals surface area contributed by atoms with Crippen molar-refractivity contribution in [3.05, 3.63) is 33.8 Å². The van der Waals surface area contributed by atoms with Gasteiger partial charge in [-0.05, 0) is 49.5 Å². The van der Waals surface area contributed by atoms with Gasteiger partial charge in [-0.25, -0.2) is 0 Å². The van der Waals surface area contributed by atoms with E-state index in [1.54, 1.807) is 0 Å². The predicted octanol–water partition coefficient (Wildman–Crippen LogP) is 4.17. The summed E-state index contributed by atoms with van der Waals surface area (Å²) in [5, 5.41) is 4.62. The Morgan fingerprint density at radius 3 is 2.62 bits per heavy atom. The molecule has 1 N–H and O–H groups in total. The molecule has 90 valence electrons. The molecule has 0 spiro atoms. The quantitative estimate of drug-likeness (QED) is 0.757. The summed E-state index contributed by atoms with van der Waals surface area (Å²) in [6.45, 7) is 6.52. The lowest BCUT2D eigenvalue weighted by Gasteiger charge is -2.12. The van der Waals surface area contributed by atoms with E-state index in [2.05, 4.69) is 25.2 Å². The van der Waals surface area contributed by atoms with Crippen LogP contribution in [0.5, 0.6) is 0 Å². The number of hydrogen-bond acceptors (Lipinski definition) is 1. The number of hydrogen-bond donors (Lipinski definition) is 1. The molecule has 0 saturated heterocycles. The van der Waals surface area contributed by atoms with Gasteiger partial charge in [0.25, 0.3) is 0 Å². The van der Waals surface area contributed by atoms with Crippen molar-refractivity contribution in [3.8, 4) is 0 Å². The zero-order valence-corrected chi connectivity index (χ0v) is 11.4. The SMILES string of the molecule is CCNCCC(C)Cc1ccc(Cl)c(Cl)c1. The van der Waals surface area contributed by atoms with E-state index >= 15 is 0 Å². The number of nitrogens with one attached hydrogen (secondary N) is 1. The van der Waals surface area contributed by atoms with Gasteiger partial charge in [0, 0.05) is 0 Å². The summed E-state index contributed by atoms with van der Waals surface area (Å²) in [4.78, 5) is 0. The molecule has 1 rings (SSSR count). The fourth-order valence-electron chi connectivity index (χ4n) is 1.70. The van der Waals surface area contributed by atoms with Crippen LogP contribution in [0.15, 0.2) is 18.2 Å². The highest BCUT2D eigenvalue weighted by atomic mass is 35.5. The van der Waals surface area contributed by atoms with E-state index in [9.17, 15) is 0 Å². The number of benzene rings is 1. The van der Waals surface area contributed by atoms with Crippen molar-refractivity contribution in [3.63, 3.8) is 0 Å². The second kappa shape index (κ2) is 7.16. The summed E-state index contributed by atoms with van der Waals surface area (Å²) >= 11 is 11.9. The molecular weight excluding hydrogens is 241 g/mol. The maximum absolute atomic E-state index is 5.98. The predicted molar refractivity (Wildman–Crippen MR) is 72.5 cm³/mol. The van der Waals surface area contributed by atoms with Crippen LogP contribution in [0.3, 0.4) is 0 Å². The van der Waals surface area contributed by atoms with Gasteiger partial charge >= 0.3 is 0 Å². The molecule has 1 aromatic rings. The molecule has 1 nitrogen and oxygen atoms in total. The second-order valence-electron chi connectivity index (χ2n) is 4.20. The molecule has 0 heterocycles. The zero-order valence-electron chi connectivity index (χ0n) is 9.89. The smallest absolute Gasteiger partial charge is 0.0595 e. The van der Waals surface area contributed by atoms with Crippen LogP contribution in [0.1, 0.15) is 25.8 Å². The Morgan fingerprint density at radius 1 is 1.25 bits per heavy atom. The molecule has 0 aliphatic rings. The Hall–Kier alpha value is -0.240. The van der Waals surface area contributed by atoms with E-state index in [1.165, 1.54) is 12.0 Å². The summed E-state index contributed by atoms with van der Waals surface area (Å²) in [6, 6.07) is 5.89. The zero-order chi connectivity index (χ0) is 12.0. The average molecular weight is 260 g/mol. The highest BCUT2D eigenvalue weighted by Gasteiger charge is 2.05. The van der Waals surface area contributed by atoms with Gasteiger partial charge in [0.1, 0.15) is 0 Å². The molecule has 1 unspecified atom stereocenters. The number of rotatable bonds is 6. The van der Waals surface area contributed by atoms with E-state index < -0.39 is 0 Å². The van der Waals surface area contributed by atoms with Gasteiger partial charge in [0.15, 0.2) is 0 Å². The lowest BCUT2D eigenvalue weighted by molar-refractivity contribution is 0.504. The van der Waals surface area contributed by atoms with E-state index in [-0.39, 0.29) is 0 Å². The Bertz CT molecular complexity index is 326. The van der Waals surface area contributed by atoms with Crippen molar-refractivity contribution in [2.24, 2.45) is 5.92 Å². The van der Waals surface area contributed by atoms with E-state index in [4.69, 9.17) is 23.2 Å².